The largest absolute Gasteiger partial charge is 0.305 e. The molecule has 0 fully saturated rings. The van der Waals surface area contributed by atoms with Crippen molar-refractivity contribution < 1.29 is 0 Å². The SMILES string of the molecule is Cn1c(SCC#N)nnc1-c1ccccc1Br. The smallest absolute Gasteiger partial charge is 0.192 e. The molecule has 2 aromatic rings. The molecule has 0 saturated heterocycles. The van der Waals surface area contributed by atoms with Gasteiger partial charge in [-0.05, 0) is 6.07 Å². The van der Waals surface area contributed by atoms with Gasteiger partial charge in [-0.1, -0.05) is 45.9 Å². The molecule has 1 aromatic carbocycles. The number of benzene rings is 1. The quantitative estimate of drug-likeness (QED) is 0.818. The van der Waals surface area contributed by atoms with Crippen LogP contribution in [0.3, 0.4) is 0 Å². The van der Waals surface area contributed by atoms with Gasteiger partial charge in [0.1, 0.15) is 0 Å². The van der Waals surface area contributed by atoms with Gasteiger partial charge in [-0.15, -0.1) is 10.2 Å². The molecule has 6 heteroatoms. The first-order chi connectivity index (χ1) is 8.24. The van der Waals surface area contributed by atoms with Crippen LogP contribution in [0.2, 0.25) is 0 Å². The zero-order valence-corrected chi connectivity index (χ0v) is 11.5. The Morgan fingerprint density at radius 3 is 2.88 bits per heavy atom. The van der Waals surface area contributed by atoms with E-state index in [1.165, 1.54) is 11.8 Å². The normalized spacial score (nSPS) is 10.2. The molecule has 86 valence electrons. The van der Waals surface area contributed by atoms with Crippen molar-refractivity contribution in [2.45, 2.75) is 5.16 Å². The molecule has 0 saturated carbocycles. The molecule has 0 unspecified atom stereocenters. The molecule has 17 heavy (non-hydrogen) atoms. The summed E-state index contributed by atoms with van der Waals surface area (Å²) >= 11 is 4.87. The summed E-state index contributed by atoms with van der Waals surface area (Å²) in [6, 6.07) is 9.93. The third-order valence-electron chi connectivity index (χ3n) is 2.22. The van der Waals surface area contributed by atoms with E-state index in [4.69, 9.17) is 5.26 Å². The molecule has 0 aliphatic rings. The van der Waals surface area contributed by atoms with E-state index < -0.39 is 0 Å². The second-order valence-electron chi connectivity index (χ2n) is 3.29. The number of hydrogen-bond acceptors (Lipinski definition) is 4. The molecule has 0 aliphatic carbocycles. The third-order valence-corrected chi connectivity index (χ3v) is 3.79. The maximum Gasteiger partial charge on any atom is 0.192 e. The number of halogens is 1. The predicted octanol–water partition coefficient (Wildman–Crippen LogP) is 2.86. The van der Waals surface area contributed by atoms with Crippen LogP contribution in [0.4, 0.5) is 0 Å². The maximum atomic E-state index is 8.55. The van der Waals surface area contributed by atoms with E-state index >= 15 is 0 Å². The lowest BCUT2D eigenvalue weighted by atomic mass is 10.2. The topological polar surface area (TPSA) is 54.5 Å². The second-order valence-corrected chi connectivity index (χ2v) is 5.09. The van der Waals surface area contributed by atoms with Gasteiger partial charge in [0.05, 0.1) is 11.8 Å². The number of nitriles is 1. The number of rotatable bonds is 3. The molecule has 0 radical (unpaired) electrons. The van der Waals surface area contributed by atoms with Crippen molar-refractivity contribution in [3.63, 3.8) is 0 Å². The Balaban J connectivity index is 2.38. The van der Waals surface area contributed by atoms with E-state index in [1.807, 2.05) is 35.9 Å². The average molecular weight is 309 g/mol. The summed E-state index contributed by atoms with van der Waals surface area (Å²) in [7, 11) is 1.90. The van der Waals surface area contributed by atoms with Crippen molar-refractivity contribution in [3.05, 3.63) is 28.7 Å². The van der Waals surface area contributed by atoms with Gasteiger partial charge in [-0.25, -0.2) is 0 Å². The molecule has 0 bridgehead atoms. The van der Waals surface area contributed by atoms with Crippen molar-refractivity contribution in [3.8, 4) is 17.5 Å². The van der Waals surface area contributed by atoms with E-state index in [0.717, 1.165) is 21.0 Å². The third kappa shape index (κ3) is 2.51. The Morgan fingerprint density at radius 2 is 2.18 bits per heavy atom. The number of aromatic nitrogens is 3. The van der Waals surface area contributed by atoms with Gasteiger partial charge in [0.15, 0.2) is 11.0 Å². The molecule has 1 heterocycles. The molecular formula is C11H9BrN4S. The lowest BCUT2D eigenvalue weighted by Gasteiger charge is -2.04. The lowest BCUT2D eigenvalue weighted by molar-refractivity contribution is 0.794. The monoisotopic (exact) mass is 308 g/mol. The van der Waals surface area contributed by atoms with Crippen LogP contribution in [-0.2, 0) is 7.05 Å². The Kier molecular flexibility index (Phi) is 3.82. The van der Waals surface area contributed by atoms with Gasteiger partial charge in [0, 0.05) is 17.1 Å². The molecule has 0 aliphatic heterocycles. The fraction of sp³-hybridized carbons (Fsp3) is 0.182. The van der Waals surface area contributed by atoms with E-state index in [-0.39, 0.29) is 0 Å². The first-order valence-corrected chi connectivity index (χ1v) is 6.66. The summed E-state index contributed by atoms with van der Waals surface area (Å²) in [4.78, 5) is 0. The second kappa shape index (κ2) is 5.34. The van der Waals surface area contributed by atoms with Gasteiger partial charge in [0.25, 0.3) is 0 Å². The van der Waals surface area contributed by atoms with Crippen LogP contribution >= 0.6 is 27.7 Å². The van der Waals surface area contributed by atoms with E-state index in [2.05, 4.69) is 32.2 Å². The summed E-state index contributed by atoms with van der Waals surface area (Å²) in [6.45, 7) is 0. The van der Waals surface area contributed by atoms with Crippen LogP contribution in [0, 0.1) is 11.3 Å². The summed E-state index contributed by atoms with van der Waals surface area (Å²) in [5.74, 6) is 1.17. The summed E-state index contributed by atoms with van der Waals surface area (Å²) < 4.78 is 2.87. The van der Waals surface area contributed by atoms with Gasteiger partial charge in [-0.2, -0.15) is 5.26 Å². The fourth-order valence-corrected chi connectivity index (χ4v) is 2.45. The molecule has 0 atom stereocenters. The minimum absolute atomic E-state index is 0.377. The van der Waals surface area contributed by atoms with Crippen LogP contribution < -0.4 is 0 Å². The summed E-state index contributed by atoms with van der Waals surface area (Å²) in [6.07, 6.45) is 0. The maximum absolute atomic E-state index is 8.55. The first kappa shape index (κ1) is 12.1. The van der Waals surface area contributed by atoms with Crippen molar-refractivity contribution in [2.75, 3.05) is 5.75 Å². The highest BCUT2D eigenvalue weighted by Crippen LogP contribution is 2.28. The highest BCUT2D eigenvalue weighted by Gasteiger charge is 2.12. The lowest BCUT2D eigenvalue weighted by Crippen LogP contribution is -1.95. The molecule has 2 rings (SSSR count). The Hall–Kier alpha value is -1.32. The molecule has 0 N–H and O–H groups in total. The summed E-state index contributed by atoms with van der Waals surface area (Å²) in [5.41, 5.74) is 0.992. The average Bonchev–Trinajstić information content (AvgIpc) is 2.69. The van der Waals surface area contributed by atoms with Crippen LogP contribution in [0.1, 0.15) is 0 Å². The first-order valence-electron chi connectivity index (χ1n) is 4.88. The van der Waals surface area contributed by atoms with Crippen molar-refractivity contribution in [1.29, 1.82) is 5.26 Å². The van der Waals surface area contributed by atoms with Crippen molar-refractivity contribution in [1.82, 2.24) is 14.8 Å². The van der Waals surface area contributed by atoms with Crippen molar-refractivity contribution in [2.24, 2.45) is 7.05 Å². The van der Waals surface area contributed by atoms with E-state index in [1.54, 1.807) is 0 Å². The molecule has 4 nitrogen and oxygen atoms in total. The van der Waals surface area contributed by atoms with Crippen molar-refractivity contribution >= 4 is 27.7 Å². The Morgan fingerprint density at radius 1 is 1.41 bits per heavy atom. The zero-order valence-electron chi connectivity index (χ0n) is 9.09. The minimum atomic E-state index is 0.377. The predicted molar refractivity (Wildman–Crippen MR) is 70.5 cm³/mol. The van der Waals surface area contributed by atoms with Gasteiger partial charge >= 0.3 is 0 Å². The number of nitrogens with zero attached hydrogens (tertiary/aromatic N) is 4. The standard InChI is InChI=1S/C11H9BrN4S/c1-16-10(8-4-2-3-5-9(8)12)14-15-11(16)17-7-6-13/h2-5H,7H2,1H3. The van der Waals surface area contributed by atoms with Gasteiger partial charge in [-0.3, -0.25) is 0 Å². The van der Waals surface area contributed by atoms with E-state index in [9.17, 15) is 0 Å². The van der Waals surface area contributed by atoms with Gasteiger partial charge < -0.3 is 4.57 Å². The summed E-state index contributed by atoms with van der Waals surface area (Å²) in [5, 5.41) is 17.5. The minimum Gasteiger partial charge on any atom is -0.305 e. The van der Waals surface area contributed by atoms with Crippen LogP contribution in [0.15, 0.2) is 33.9 Å². The molecule has 0 amide bonds. The highest BCUT2D eigenvalue weighted by molar-refractivity contribution is 9.10. The molecular weight excluding hydrogens is 300 g/mol. The van der Waals surface area contributed by atoms with Crippen LogP contribution in [0.25, 0.3) is 11.4 Å². The fourth-order valence-electron chi connectivity index (χ4n) is 1.41. The Bertz CT molecular complexity index is 573. The van der Waals surface area contributed by atoms with Gasteiger partial charge in [0.2, 0.25) is 0 Å². The van der Waals surface area contributed by atoms with E-state index in [0.29, 0.717) is 5.75 Å². The van der Waals surface area contributed by atoms with Crippen LogP contribution in [-0.4, -0.2) is 20.5 Å². The number of thioether (sulfide) groups is 1. The highest BCUT2D eigenvalue weighted by atomic mass is 79.9. The Labute approximate surface area is 112 Å². The molecule has 1 aromatic heterocycles. The molecule has 0 spiro atoms. The van der Waals surface area contributed by atoms with Crippen LogP contribution in [0.5, 0.6) is 0 Å². The number of hydrogen-bond donors (Lipinski definition) is 0. The zero-order chi connectivity index (χ0) is 12.3.